The van der Waals surface area contributed by atoms with E-state index in [-0.39, 0.29) is 42.1 Å². The molecule has 1 saturated heterocycles. The molecule has 2 aliphatic carbocycles. The topological polar surface area (TPSA) is 94.5 Å². The molecule has 1 aromatic rings. The van der Waals surface area contributed by atoms with Gasteiger partial charge in [0.1, 0.15) is 0 Å². The van der Waals surface area contributed by atoms with Crippen LogP contribution in [0.25, 0.3) is 0 Å². The molecule has 0 N–H and O–H groups in total. The van der Waals surface area contributed by atoms with Crippen molar-refractivity contribution < 1.29 is 28.6 Å². The van der Waals surface area contributed by atoms with Gasteiger partial charge in [-0.2, -0.15) is 10.1 Å². The molecular formula is C25H28N2O6. The minimum absolute atomic E-state index is 0.133. The first-order chi connectivity index (χ1) is 15.9. The van der Waals surface area contributed by atoms with Crippen LogP contribution < -0.4 is 9.47 Å². The van der Waals surface area contributed by atoms with Gasteiger partial charge in [-0.3, -0.25) is 9.59 Å². The van der Waals surface area contributed by atoms with Gasteiger partial charge in [0.15, 0.2) is 17.6 Å². The van der Waals surface area contributed by atoms with E-state index >= 15 is 0 Å². The van der Waals surface area contributed by atoms with Gasteiger partial charge >= 0.3 is 5.97 Å². The van der Waals surface area contributed by atoms with Crippen LogP contribution in [0.2, 0.25) is 0 Å². The number of fused-ring (bicyclic) bond motifs is 5. The molecule has 0 radical (unpaired) electrons. The number of esters is 1. The van der Waals surface area contributed by atoms with Crippen LogP contribution in [-0.4, -0.2) is 48.8 Å². The number of hydrogen-bond donors (Lipinski definition) is 0. The summed E-state index contributed by atoms with van der Waals surface area (Å²) in [6.07, 6.45) is 7.76. The molecule has 33 heavy (non-hydrogen) atoms. The molecule has 0 aromatic heterocycles. The quantitative estimate of drug-likeness (QED) is 0.248. The van der Waals surface area contributed by atoms with Crippen LogP contribution in [-0.2, 0) is 25.5 Å². The third kappa shape index (κ3) is 4.05. The Kier molecular flexibility index (Phi) is 6.35. The van der Waals surface area contributed by atoms with E-state index < -0.39 is 12.1 Å². The van der Waals surface area contributed by atoms with Crippen molar-refractivity contribution in [1.29, 1.82) is 0 Å². The Balaban J connectivity index is 1.58. The molecule has 0 unspecified atom stereocenters. The Hall–Kier alpha value is -3.42. The number of methoxy groups -OCH3 is 1. The normalized spacial score (nSPS) is 26.1. The molecule has 8 heteroatoms. The number of amides is 2. The molecule has 174 valence electrons. The average Bonchev–Trinajstić information content (AvgIpc) is 3.48. The summed E-state index contributed by atoms with van der Waals surface area (Å²) in [5, 5.41) is 5.25. The maximum absolute atomic E-state index is 12.8. The van der Waals surface area contributed by atoms with Crippen LogP contribution in [0.15, 0.2) is 42.0 Å². The average molecular weight is 453 g/mol. The van der Waals surface area contributed by atoms with E-state index in [1.807, 2.05) is 12.2 Å². The van der Waals surface area contributed by atoms with Crippen LogP contribution >= 0.6 is 0 Å². The highest BCUT2D eigenvalue weighted by molar-refractivity contribution is 6.06. The van der Waals surface area contributed by atoms with E-state index in [1.54, 1.807) is 32.1 Å². The van der Waals surface area contributed by atoms with Crippen LogP contribution in [0.1, 0.15) is 31.4 Å². The van der Waals surface area contributed by atoms with E-state index in [9.17, 15) is 14.4 Å². The van der Waals surface area contributed by atoms with Gasteiger partial charge in [-0.1, -0.05) is 18.2 Å². The van der Waals surface area contributed by atoms with Crippen LogP contribution in [0.4, 0.5) is 0 Å². The lowest BCUT2D eigenvalue weighted by molar-refractivity contribution is -0.150. The van der Waals surface area contributed by atoms with Gasteiger partial charge < -0.3 is 14.2 Å². The molecule has 2 amide bonds. The zero-order chi connectivity index (χ0) is 23.7. The first-order valence-corrected chi connectivity index (χ1v) is 11.1. The van der Waals surface area contributed by atoms with Gasteiger partial charge in [0.2, 0.25) is 0 Å². The molecule has 4 rings (SSSR count). The van der Waals surface area contributed by atoms with Crippen molar-refractivity contribution in [2.24, 2.45) is 28.8 Å². The van der Waals surface area contributed by atoms with Gasteiger partial charge in [-0.15, -0.1) is 6.58 Å². The molecule has 0 spiro atoms. The predicted octanol–water partition coefficient (Wildman–Crippen LogP) is 2.90. The summed E-state index contributed by atoms with van der Waals surface area (Å²) in [6.45, 7) is 7.37. The van der Waals surface area contributed by atoms with Gasteiger partial charge in [-0.05, 0) is 56.2 Å². The zero-order valence-corrected chi connectivity index (χ0v) is 19.0. The molecular weight excluding hydrogens is 424 g/mol. The summed E-state index contributed by atoms with van der Waals surface area (Å²) in [5.41, 5.74) is 1.35. The Morgan fingerprint density at radius 2 is 1.91 bits per heavy atom. The molecule has 1 aliphatic heterocycles. The smallest absolute Gasteiger partial charge is 0.347 e. The summed E-state index contributed by atoms with van der Waals surface area (Å²) >= 11 is 0. The highest BCUT2D eigenvalue weighted by Gasteiger charge is 2.59. The summed E-state index contributed by atoms with van der Waals surface area (Å²) in [5.74, 6) is -0.478. The summed E-state index contributed by atoms with van der Waals surface area (Å²) in [6, 6.07) is 3.48. The SMILES string of the molecule is C=CCc1cc(C=NN2C(=O)[C@@H]3[C@H](C2=O)[C@H]2C=C[C@H]3C2)cc(OC)c1O[C@H](C)C(=O)OCC. The number of carbonyl (C=O) groups excluding carboxylic acids is 3. The van der Waals surface area contributed by atoms with E-state index in [0.717, 1.165) is 17.0 Å². The Morgan fingerprint density at radius 1 is 1.24 bits per heavy atom. The third-order valence-corrected chi connectivity index (χ3v) is 6.42. The molecule has 8 nitrogen and oxygen atoms in total. The van der Waals surface area contributed by atoms with Crippen molar-refractivity contribution in [2.45, 2.75) is 32.8 Å². The first-order valence-electron chi connectivity index (χ1n) is 11.1. The number of hydrogen-bond acceptors (Lipinski definition) is 7. The lowest BCUT2D eigenvalue weighted by Gasteiger charge is -2.19. The van der Waals surface area contributed by atoms with Crippen LogP contribution in [0.5, 0.6) is 11.5 Å². The van der Waals surface area contributed by atoms with Gasteiger partial charge in [0.05, 0.1) is 31.8 Å². The van der Waals surface area contributed by atoms with Crippen molar-refractivity contribution in [1.82, 2.24) is 5.01 Å². The fourth-order valence-corrected chi connectivity index (χ4v) is 4.96. The Labute approximate surface area is 192 Å². The van der Waals surface area contributed by atoms with Crippen molar-refractivity contribution >= 4 is 24.0 Å². The van der Waals surface area contributed by atoms with Crippen LogP contribution in [0.3, 0.4) is 0 Å². The van der Waals surface area contributed by atoms with Crippen molar-refractivity contribution in [3.05, 3.63) is 48.1 Å². The maximum Gasteiger partial charge on any atom is 0.347 e. The summed E-state index contributed by atoms with van der Waals surface area (Å²) in [4.78, 5) is 37.7. The fourth-order valence-electron chi connectivity index (χ4n) is 4.96. The second-order valence-corrected chi connectivity index (χ2v) is 8.45. The number of allylic oxidation sites excluding steroid dienone is 3. The predicted molar refractivity (Wildman–Crippen MR) is 121 cm³/mol. The molecule has 5 atom stereocenters. The molecule has 3 aliphatic rings. The van der Waals surface area contributed by atoms with Gasteiger partial charge in [-0.25, -0.2) is 4.79 Å². The number of nitrogens with zero attached hydrogens (tertiary/aromatic N) is 2. The Bertz CT molecular complexity index is 1020. The largest absolute Gasteiger partial charge is 0.493 e. The maximum atomic E-state index is 12.8. The zero-order valence-electron chi connectivity index (χ0n) is 19.0. The van der Waals surface area contributed by atoms with Crippen molar-refractivity contribution in [2.75, 3.05) is 13.7 Å². The van der Waals surface area contributed by atoms with Crippen LogP contribution in [0, 0.1) is 23.7 Å². The second-order valence-electron chi connectivity index (χ2n) is 8.45. The number of benzene rings is 1. The van der Waals surface area contributed by atoms with Crippen molar-refractivity contribution in [3.8, 4) is 11.5 Å². The van der Waals surface area contributed by atoms with E-state index in [1.165, 1.54) is 13.3 Å². The number of hydrazone groups is 1. The first kappa shape index (κ1) is 22.8. The number of rotatable bonds is 9. The highest BCUT2D eigenvalue weighted by atomic mass is 16.6. The van der Waals surface area contributed by atoms with E-state index in [4.69, 9.17) is 14.2 Å². The van der Waals surface area contributed by atoms with E-state index in [0.29, 0.717) is 23.5 Å². The minimum atomic E-state index is -0.829. The monoisotopic (exact) mass is 452 g/mol. The van der Waals surface area contributed by atoms with E-state index in [2.05, 4.69) is 11.7 Å². The second kappa shape index (κ2) is 9.21. The van der Waals surface area contributed by atoms with Crippen molar-refractivity contribution in [3.63, 3.8) is 0 Å². The lowest BCUT2D eigenvalue weighted by Crippen LogP contribution is -2.28. The number of carbonyl (C=O) groups is 3. The lowest BCUT2D eigenvalue weighted by atomic mass is 9.85. The third-order valence-electron chi connectivity index (χ3n) is 6.42. The minimum Gasteiger partial charge on any atom is -0.493 e. The molecule has 1 heterocycles. The summed E-state index contributed by atoms with van der Waals surface area (Å²) < 4.78 is 16.4. The fraction of sp³-hybridized carbons (Fsp3) is 0.440. The molecule has 2 bridgehead atoms. The molecule has 2 fully saturated rings. The summed E-state index contributed by atoms with van der Waals surface area (Å²) in [7, 11) is 1.49. The molecule has 1 saturated carbocycles. The number of ether oxygens (including phenoxy) is 3. The highest BCUT2D eigenvalue weighted by Crippen LogP contribution is 2.52. The standard InChI is InChI=1S/C25H28N2O6/c1-5-7-18-10-15(11-19(31-4)22(18)33-14(3)25(30)32-6-2)13-26-27-23(28)20-16-8-9-17(12-16)21(20)24(27)29/h5,8-11,13-14,16-17,20-21H,1,6-7,12H2,2-4H3/t14-,16+,17+,20-,21+/m1/s1. The van der Waals surface area contributed by atoms with Gasteiger partial charge in [0, 0.05) is 5.56 Å². The van der Waals surface area contributed by atoms with Gasteiger partial charge in [0.25, 0.3) is 11.8 Å². The molecule has 1 aromatic carbocycles. The Morgan fingerprint density at radius 3 is 2.48 bits per heavy atom. The number of imide groups is 1.